The zero-order valence-corrected chi connectivity index (χ0v) is 14.4. The Balaban J connectivity index is 0.00000161. The van der Waals surface area contributed by atoms with Gasteiger partial charge in [0.05, 0.1) is 6.42 Å². The predicted octanol–water partition coefficient (Wildman–Crippen LogP) is 3.00. The van der Waals surface area contributed by atoms with Crippen molar-refractivity contribution in [1.29, 1.82) is 0 Å². The molecule has 3 nitrogen and oxygen atoms in total. The van der Waals surface area contributed by atoms with Gasteiger partial charge < -0.3 is 10.6 Å². The van der Waals surface area contributed by atoms with Crippen LogP contribution in [0.15, 0.2) is 28.7 Å². The molecule has 3 rings (SSSR count). The largest absolute Gasteiger partial charge is 0.342 e. The second-order valence-electron chi connectivity index (χ2n) is 6.12. The van der Waals surface area contributed by atoms with E-state index in [4.69, 9.17) is 5.73 Å². The van der Waals surface area contributed by atoms with Crippen LogP contribution >= 0.6 is 28.3 Å². The van der Waals surface area contributed by atoms with E-state index in [9.17, 15) is 4.79 Å². The highest BCUT2D eigenvalue weighted by molar-refractivity contribution is 9.10. The summed E-state index contributed by atoms with van der Waals surface area (Å²) in [6, 6.07) is 8.29. The Morgan fingerprint density at radius 1 is 1.24 bits per heavy atom. The Bertz CT molecular complexity index is 494. The Morgan fingerprint density at radius 3 is 2.62 bits per heavy atom. The number of carbonyl (C=O) groups excluding carboxylic acids is 1. The number of rotatable bonds is 2. The first-order valence-corrected chi connectivity index (χ1v) is 8.20. The van der Waals surface area contributed by atoms with Gasteiger partial charge in [-0.2, -0.15) is 0 Å². The molecule has 116 valence electrons. The number of amides is 1. The minimum absolute atomic E-state index is 0. The monoisotopic (exact) mass is 372 g/mol. The third-order valence-corrected chi connectivity index (χ3v) is 5.30. The van der Waals surface area contributed by atoms with Crippen molar-refractivity contribution in [1.82, 2.24) is 4.90 Å². The molecule has 3 unspecified atom stereocenters. The molecule has 1 aromatic rings. The first kappa shape index (κ1) is 16.8. The average Bonchev–Trinajstić information content (AvgIpc) is 2.87. The molecule has 1 saturated heterocycles. The number of likely N-dealkylation sites (tertiary alicyclic amines) is 1. The molecule has 1 amide bonds. The third-order valence-electron chi connectivity index (χ3n) is 4.78. The van der Waals surface area contributed by atoms with Crippen LogP contribution in [0.5, 0.6) is 0 Å². The van der Waals surface area contributed by atoms with E-state index in [0.29, 0.717) is 24.3 Å². The van der Waals surface area contributed by atoms with Gasteiger partial charge in [-0.05, 0) is 42.4 Å². The molecule has 1 aliphatic heterocycles. The number of fused-ring (bicyclic) bond motifs is 1. The molecule has 0 aromatic heterocycles. The highest BCUT2D eigenvalue weighted by Gasteiger charge is 2.40. The second-order valence-corrected chi connectivity index (χ2v) is 7.04. The van der Waals surface area contributed by atoms with Crippen molar-refractivity contribution in [3.63, 3.8) is 0 Å². The van der Waals surface area contributed by atoms with Crippen LogP contribution in [0.3, 0.4) is 0 Å². The number of carbonyl (C=O) groups is 1. The minimum atomic E-state index is 0. The van der Waals surface area contributed by atoms with Gasteiger partial charge in [-0.15, -0.1) is 12.4 Å². The summed E-state index contributed by atoms with van der Waals surface area (Å²) in [4.78, 5) is 14.5. The minimum Gasteiger partial charge on any atom is -0.342 e. The van der Waals surface area contributed by atoms with Crippen LogP contribution in [0.25, 0.3) is 0 Å². The zero-order valence-electron chi connectivity index (χ0n) is 12.0. The molecule has 21 heavy (non-hydrogen) atoms. The van der Waals surface area contributed by atoms with E-state index < -0.39 is 0 Å². The van der Waals surface area contributed by atoms with Crippen molar-refractivity contribution in [2.45, 2.75) is 31.7 Å². The molecular formula is C16H22BrClN2O. The Hall–Kier alpha value is -0.580. The van der Waals surface area contributed by atoms with E-state index in [-0.39, 0.29) is 18.3 Å². The van der Waals surface area contributed by atoms with Gasteiger partial charge in [0.2, 0.25) is 5.91 Å². The van der Waals surface area contributed by atoms with E-state index in [1.165, 1.54) is 12.8 Å². The molecule has 0 bridgehead atoms. The molecule has 2 N–H and O–H groups in total. The maximum absolute atomic E-state index is 12.4. The SMILES string of the molecule is Cl.NC1CCCC2CN(C(=O)Cc3ccc(Br)cc3)CC12. The quantitative estimate of drug-likeness (QED) is 0.866. The van der Waals surface area contributed by atoms with E-state index in [1.54, 1.807) is 0 Å². The van der Waals surface area contributed by atoms with Crippen LogP contribution in [0, 0.1) is 11.8 Å². The van der Waals surface area contributed by atoms with Crippen LogP contribution < -0.4 is 5.73 Å². The summed E-state index contributed by atoms with van der Waals surface area (Å²) < 4.78 is 1.05. The van der Waals surface area contributed by atoms with E-state index in [0.717, 1.165) is 29.5 Å². The Labute approximate surface area is 140 Å². The highest BCUT2D eigenvalue weighted by Crippen LogP contribution is 2.35. The third kappa shape index (κ3) is 3.79. The summed E-state index contributed by atoms with van der Waals surface area (Å²) >= 11 is 3.42. The molecule has 1 aliphatic carbocycles. The maximum Gasteiger partial charge on any atom is 0.227 e. The van der Waals surface area contributed by atoms with Crippen LogP contribution in [0.1, 0.15) is 24.8 Å². The van der Waals surface area contributed by atoms with E-state index in [2.05, 4.69) is 15.9 Å². The van der Waals surface area contributed by atoms with Gasteiger partial charge in [0.1, 0.15) is 0 Å². The average molecular weight is 374 g/mol. The summed E-state index contributed by atoms with van der Waals surface area (Å²) in [5.74, 6) is 1.40. The fraction of sp³-hybridized carbons (Fsp3) is 0.562. The fourth-order valence-electron chi connectivity index (χ4n) is 3.61. The lowest BCUT2D eigenvalue weighted by Crippen LogP contribution is -2.38. The summed E-state index contributed by atoms with van der Waals surface area (Å²) in [5.41, 5.74) is 7.29. The number of hydrogen-bond acceptors (Lipinski definition) is 2. The molecular weight excluding hydrogens is 352 g/mol. The maximum atomic E-state index is 12.4. The first-order valence-electron chi connectivity index (χ1n) is 7.41. The van der Waals surface area contributed by atoms with Crippen LogP contribution in [-0.4, -0.2) is 29.9 Å². The lowest BCUT2D eigenvalue weighted by atomic mass is 9.78. The summed E-state index contributed by atoms with van der Waals surface area (Å²) in [6.07, 6.45) is 4.08. The van der Waals surface area contributed by atoms with E-state index >= 15 is 0 Å². The van der Waals surface area contributed by atoms with Gasteiger partial charge in [0.25, 0.3) is 0 Å². The smallest absolute Gasteiger partial charge is 0.227 e. The topological polar surface area (TPSA) is 46.3 Å². The summed E-state index contributed by atoms with van der Waals surface area (Å²) in [6.45, 7) is 1.77. The van der Waals surface area contributed by atoms with Crippen LogP contribution in [0.4, 0.5) is 0 Å². The van der Waals surface area contributed by atoms with Crippen LogP contribution in [-0.2, 0) is 11.2 Å². The lowest BCUT2D eigenvalue weighted by molar-refractivity contribution is -0.129. The van der Waals surface area contributed by atoms with Gasteiger partial charge in [0.15, 0.2) is 0 Å². The number of halogens is 2. The summed E-state index contributed by atoms with van der Waals surface area (Å²) in [5, 5.41) is 0. The molecule has 2 aliphatic rings. The van der Waals surface area contributed by atoms with Crippen molar-refractivity contribution >= 4 is 34.2 Å². The number of benzene rings is 1. The van der Waals surface area contributed by atoms with Gasteiger partial charge in [-0.3, -0.25) is 4.79 Å². The van der Waals surface area contributed by atoms with Crippen LogP contribution in [0.2, 0.25) is 0 Å². The Morgan fingerprint density at radius 2 is 1.95 bits per heavy atom. The zero-order chi connectivity index (χ0) is 14.1. The molecule has 1 heterocycles. The Kier molecular flexibility index (Phi) is 5.69. The van der Waals surface area contributed by atoms with Crippen molar-refractivity contribution < 1.29 is 4.79 Å². The molecule has 2 fully saturated rings. The predicted molar refractivity (Wildman–Crippen MR) is 90.5 cm³/mol. The standard InChI is InChI=1S/C16H21BrN2O.ClH/c17-13-6-4-11(5-7-13)8-16(20)19-9-12-2-1-3-15(18)14(12)10-19;/h4-7,12,14-15H,1-3,8-10,18H2;1H. The molecule has 3 atom stereocenters. The van der Waals surface area contributed by atoms with Crippen molar-refractivity contribution in [2.75, 3.05) is 13.1 Å². The molecule has 1 saturated carbocycles. The van der Waals surface area contributed by atoms with Gasteiger partial charge in [-0.25, -0.2) is 0 Å². The second kappa shape index (κ2) is 7.12. The molecule has 5 heteroatoms. The molecule has 0 radical (unpaired) electrons. The summed E-state index contributed by atoms with van der Waals surface area (Å²) in [7, 11) is 0. The van der Waals surface area contributed by atoms with Crippen molar-refractivity contribution in [2.24, 2.45) is 17.6 Å². The van der Waals surface area contributed by atoms with Crippen molar-refractivity contribution in [3.8, 4) is 0 Å². The van der Waals surface area contributed by atoms with E-state index in [1.807, 2.05) is 29.2 Å². The van der Waals surface area contributed by atoms with Gasteiger partial charge >= 0.3 is 0 Å². The normalized spacial score (nSPS) is 27.9. The number of nitrogens with two attached hydrogens (primary N) is 1. The van der Waals surface area contributed by atoms with Gasteiger partial charge in [0, 0.05) is 23.6 Å². The number of nitrogens with zero attached hydrogens (tertiary/aromatic N) is 1. The fourth-order valence-corrected chi connectivity index (χ4v) is 3.87. The highest BCUT2D eigenvalue weighted by atomic mass is 79.9. The number of hydrogen-bond donors (Lipinski definition) is 1. The van der Waals surface area contributed by atoms with Crippen molar-refractivity contribution in [3.05, 3.63) is 34.3 Å². The molecule has 0 spiro atoms. The van der Waals surface area contributed by atoms with Gasteiger partial charge in [-0.1, -0.05) is 34.5 Å². The first-order chi connectivity index (χ1) is 9.63. The lowest BCUT2D eigenvalue weighted by Gasteiger charge is -2.29. The molecule has 1 aromatic carbocycles.